The summed E-state index contributed by atoms with van der Waals surface area (Å²) in [6.45, 7) is 2.18. The Balaban J connectivity index is 3.18. The first-order valence-corrected chi connectivity index (χ1v) is 4.54. The van der Waals surface area contributed by atoms with Crippen LogP contribution < -0.4 is 0 Å². The van der Waals surface area contributed by atoms with Crippen molar-refractivity contribution in [3.8, 4) is 0 Å². The van der Waals surface area contributed by atoms with Crippen molar-refractivity contribution in [3.05, 3.63) is 0 Å². The van der Waals surface area contributed by atoms with Gasteiger partial charge < -0.3 is 0 Å². The van der Waals surface area contributed by atoms with Gasteiger partial charge in [-0.05, 0) is 18.8 Å². The Morgan fingerprint density at radius 2 is 1.56 bits per heavy atom. The summed E-state index contributed by atoms with van der Waals surface area (Å²) in [6.07, 6.45) is 3.44. The third kappa shape index (κ3) is 5.05. The third-order valence-electron chi connectivity index (χ3n) is 1.61. The van der Waals surface area contributed by atoms with Crippen LogP contribution in [0.25, 0.3) is 0 Å². The lowest BCUT2D eigenvalue weighted by Gasteiger charge is -2.09. The van der Waals surface area contributed by atoms with Crippen molar-refractivity contribution in [1.29, 1.82) is 0 Å². The molecule has 2 heteroatoms. The van der Waals surface area contributed by atoms with E-state index >= 15 is 0 Å². The molecule has 0 radical (unpaired) electrons. The predicted octanol–water partition coefficient (Wildman–Crippen LogP) is 3.27. The van der Waals surface area contributed by atoms with Crippen LogP contribution in [-0.2, 0) is 0 Å². The van der Waals surface area contributed by atoms with Gasteiger partial charge >= 0.3 is 0 Å². The summed E-state index contributed by atoms with van der Waals surface area (Å²) in [5.41, 5.74) is 0. The minimum absolute atomic E-state index is 0.750. The van der Waals surface area contributed by atoms with E-state index in [2.05, 4.69) is 6.92 Å². The average molecular weight is 169 g/mol. The summed E-state index contributed by atoms with van der Waals surface area (Å²) in [6, 6.07) is 0. The molecule has 0 aromatic rings. The summed E-state index contributed by atoms with van der Waals surface area (Å²) < 4.78 is 0. The van der Waals surface area contributed by atoms with Gasteiger partial charge in [-0.15, -0.1) is 23.2 Å². The van der Waals surface area contributed by atoms with Crippen molar-refractivity contribution in [2.24, 2.45) is 5.92 Å². The average Bonchev–Trinajstić information content (AvgIpc) is 1.88. The highest BCUT2D eigenvalue weighted by atomic mass is 35.5. The van der Waals surface area contributed by atoms with Gasteiger partial charge in [0.2, 0.25) is 0 Å². The van der Waals surface area contributed by atoms with Crippen LogP contribution in [0.3, 0.4) is 0 Å². The molecule has 56 valence electrons. The summed E-state index contributed by atoms with van der Waals surface area (Å²) in [5.74, 6) is 2.30. The van der Waals surface area contributed by atoms with Crippen LogP contribution in [-0.4, -0.2) is 11.8 Å². The van der Waals surface area contributed by atoms with E-state index in [0.717, 1.165) is 30.5 Å². The number of alkyl halides is 2. The molecule has 9 heavy (non-hydrogen) atoms. The van der Waals surface area contributed by atoms with Crippen LogP contribution in [0.2, 0.25) is 0 Å². The van der Waals surface area contributed by atoms with Gasteiger partial charge in [0, 0.05) is 11.8 Å². The van der Waals surface area contributed by atoms with Crippen LogP contribution in [0.5, 0.6) is 0 Å². The Bertz CT molecular complexity index is 48.9. The molecule has 0 fully saturated rings. The Labute approximate surface area is 67.5 Å². The molecule has 0 unspecified atom stereocenters. The molecule has 0 saturated heterocycles. The molecule has 0 aromatic heterocycles. The first-order chi connectivity index (χ1) is 4.35. The zero-order valence-electron chi connectivity index (χ0n) is 5.87. The molecule has 0 N–H and O–H groups in total. The van der Waals surface area contributed by atoms with Gasteiger partial charge in [0.15, 0.2) is 0 Å². The van der Waals surface area contributed by atoms with Gasteiger partial charge in [-0.2, -0.15) is 0 Å². The molecule has 0 atom stereocenters. The van der Waals surface area contributed by atoms with E-state index < -0.39 is 0 Å². The fraction of sp³-hybridized carbons (Fsp3) is 1.00. The Kier molecular flexibility index (Phi) is 7.13. The lowest BCUT2D eigenvalue weighted by atomic mass is 10.0. The van der Waals surface area contributed by atoms with Gasteiger partial charge in [0.1, 0.15) is 0 Å². The number of rotatable bonds is 5. The number of halogens is 2. The van der Waals surface area contributed by atoms with E-state index in [1.807, 2.05) is 0 Å². The lowest BCUT2D eigenvalue weighted by molar-refractivity contribution is 0.482. The van der Waals surface area contributed by atoms with Crippen LogP contribution in [0.1, 0.15) is 26.2 Å². The minimum Gasteiger partial charge on any atom is -0.127 e. The maximum absolute atomic E-state index is 5.57. The first kappa shape index (κ1) is 9.58. The largest absolute Gasteiger partial charge is 0.127 e. The molecule has 0 aromatic carbocycles. The third-order valence-corrected chi connectivity index (χ3v) is 2.05. The first-order valence-electron chi connectivity index (χ1n) is 3.47. The van der Waals surface area contributed by atoms with Crippen LogP contribution >= 0.6 is 23.2 Å². The predicted molar refractivity (Wildman–Crippen MR) is 44.5 cm³/mol. The highest BCUT2D eigenvalue weighted by Gasteiger charge is 2.02. The van der Waals surface area contributed by atoms with Gasteiger partial charge in [-0.1, -0.05) is 13.3 Å². The van der Waals surface area contributed by atoms with Gasteiger partial charge in [0.05, 0.1) is 0 Å². The Morgan fingerprint density at radius 1 is 1.11 bits per heavy atom. The molecule has 0 heterocycles. The fourth-order valence-electron chi connectivity index (χ4n) is 0.861. The summed E-state index contributed by atoms with van der Waals surface area (Å²) in [5, 5.41) is 0. The highest BCUT2D eigenvalue weighted by Crippen LogP contribution is 2.13. The van der Waals surface area contributed by atoms with Crippen molar-refractivity contribution < 1.29 is 0 Å². The lowest BCUT2D eigenvalue weighted by Crippen LogP contribution is -1.99. The fourth-order valence-corrected chi connectivity index (χ4v) is 1.48. The zero-order chi connectivity index (χ0) is 7.11. The summed E-state index contributed by atoms with van der Waals surface area (Å²) in [4.78, 5) is 0. The SMILES string of the molecule is CCC(CCCl)CCCl. The molecule has 0 aliphatic carbocycles. The molecule has 0 nitrogen and oxygen atoms in total. The van der Waals surface area contributed by atoms with Crippen molar-refractivity contribution in [2.75, 3.05) is 11.8 Å². The minimum atomic E-state index is 0.750. The van der Waals surface area contributed by atoms with Crippen LogP contribution in [0.15, 0.2) is 0 Å². The van der Waals surface area contributed by atoms with Crippen molar-refractivity contribution in [2.45, 2.75) is 26.2 Å². The van der Waals surface area contributed by atoms with E-state index in [4.69, 9.17) is 23.2 Å². The van der Waals surface area contributed by atoms with Crippen LogP contribution in [0.4, 0.5) is 0 Å². The number of hydrogen-bond acceptors (Lipinski definition) is 0. The molecule has 0 rings (SSSR count). The quantitative estimate of drug-likeness (QED) is 0.554. The number of hydrogen-bond donors (Lipinski definition) is 0. The van der Waals surface area contributed by atoms with E-state index in [-0.39, 0.29) is 0 Å². The summed E-state index contributed by atoms with van der Waals surface area (Å²) in [7, 11) is 0. The molecule has 0 spiro atoms. The van der Waals surface area contributed by atoms with Crippen molar-refractivity contribution in [3.63, 3.8) is 0 Å². The zero-order valence-corrected chi connectivity index (χ0v) is 7.38. The normalized spacial score (nSPS) is 10.7. The maximum Gasteiger partial charge on any atom is 0.0226 e. The molecule has 0 amide bonds. The second-order valence-corrected chi connectivity index (χ2v) is 2.99. The molecule has 0 aliphatic rings. The van der Waals surface area contributed by atoms with Crippen molar-refractivity contribution >= 4 is 23.2 Å². The maximum atomic E-state index is 5.57. The van der Waals surface area contributed by atoms with Crippen molar-refractivity contribution in [1.82, 2.24) is 0 Å². The monoisotopic (exact) mass is 168 g/mol. The van der Waals surface area contributed by atoms with E-state index in [1.54, 1.807) is 0 Å². The topological polar surface area (TPSA) is 0 Å². The summed E-state index contributed by atoms with van der Waals surface area (Å²) >= 11 is 11.1. The molecular weight excluding hydrogens is 155 g/mol. The Hall–Kier alpha value is 0.580. The Morgan fingerprint density at radius 3 is 1.78 bits per heavy atom. The molecule has 0 aliphatic heterocycles. The van der Waals surface area contributed by atoms with E-state index in [9.17, 15) is 0 Å². The second kappa shape index (κ2) is 6.70. The van der Waals surface area contributed by atoms with E-state index in [0.29, 0.717) is 0 Å². The highest BCUT2D eigenvalue weighted by molar-refractivity contribution is 6.18. The molecular formula is C7H14Cl2. The van der Waals surface area contributed by atoms with E-state index in [1.165, 1.54) is 6.42 Å². The molecule has 0 saturated carbocycles. The molecule has 0 bridgehead atoms. The smallest absolute Gasteiger partial charge is 0.0226 e. The standard InChI is InChI=1S/C7H14Cl2/c1-2-7(3-5-8)4-6-9/h7H,2-6H2,1H3. The van der Waals surface area contributed by atoms with Gasteiger partial charge in [0.25, 0.3) is 0 Å². The van der Waals surface area contributed by atoms with Gasteiger partial charge in [-0.3, -0.25) is 0 Å². The van der Waals surface area contributed by atoms with Gasteiger partial charge in [-0.25, -0.2) is 0 Å². The second-order valence-electron chi connectivity index (χ2n) is 2.23. The van der Waals surface area contributed by atoms with Crippen LogP contribution in [0, 0.1) is 5.92 Å².